The largest absolute Gasteiger partial charge is 0.497 e. The molecule has 4 aromatic rings. The fourth-order valence-corrected chi connectivity index (χ4v) is 7.82. The molecule has 1 N–H and O–H groups in total. The van der Waals surface area contributed by atoms with Gasteiger partial charge in [-0.05, 0) is 83.4 Å². The summed E-state index contributed by atoms with van der Waals surface area (Å²) in [5, 5.41) is 8.72. The molecule has 0 spiro atoms. The van der Waals surface area contributed by atoms with Gasteiger partial charge in [0.15, 0.2) is 0 Å². The number of amides is 2. The monoisotopic (exact) mass is 728 g/mol. The number of benzene rings is 4. The van der Waals surface area contributed by atoms with E-state index in [1.54, 1.807) is 93.1 Å². The Morgan fingerprint density at radius 1 is 0.882 bits per heavy atom. The topological polar surface area (TPSA) is 118 Å². The van der Waals surface area contributed by atoms with E-state index in [1.807, 2.05) is 0 Å². The summed E-state index contributed by atoms with van der Waals surface area (Å²) in [7, 11) is -1.22. The molecule has 0 saturated heterocycles. The zero-order chi connectivity index (χ0) is 36.1. The van der Waals surface area contributed by atoms with E-state index >= 15 is 0 Å². The van der Waals surface area contributed by atoms with Crippen molar-refractivity contribution in [3.8, 4) is 11.5 Å². The fraction of sp³-hybridized carbons (Fsp3) is 0.184. The van der Waals surface area contributed by atoms with Gasteiger partial charge in [0, 0.05) is 35.6 Å². The Kier molecular flexibility index (Phi) is 10.7. The third-order valence-electron chi connectivity index (χ3n) is 8.54. The minimum atomic E-state index is -4.32. The van der Waals surface area contributed by atoms with Gasteiger partial charge in [-0.1, -0.05) is 54.1 Å². The highest BCUT2D eigenvalue weighted by Gasteiger charge is 2.44. The van der Waals surface area contributed by atoms with Crippen LogP contribution in [0.3, 0.4) is 0 Å². The second-order valence-corrected chi connectivity index (χ2v) is 14.2. The van der Waals surface area contributed by atoms with Gasteiger partial charge in [-0.25, -0.2) is 17.8 Å². The molecule has 2 unspecified atom stereocenters. The van der Waals surface area contributed by atoms with Crippen LogP contribution < -0.4 is 14.8 Å². The summed E-state index contributed by atoms with van der Waals surface area (Å²) in [5.41, 5.74) is 2.33. The average Bonchev–Trinajstić information content (AvgIpc) is 3.56. The van der Waals surface area contributed by atoms with Gasteiger partial charge in [0.05, 0.1) is 37.5 Å². The van der Waals surface area contributed by atoms with Gasteiger partial charge in [-0.15, -0.1) is 0 Å². The lowest BCUT2D eigenvalue weighted by Crippen LogP contribution is -2.43. The molecule has 0 saturated carbocycles. The zero-order valence-corrected chi connectivity index (χ0v) is 29.3. The molecular formula is C38H34ClFN4O6S. The standard InChI is InChI=1S/C38H34ClFN4O6S/c1-49-31-15-7-25(8-16-31)23-43(24-26-9-17-32(50-2)18-10-26)51(47,48)36-21-30(42-37(45)19-28-5-3-4-6-34(28)39)20-35-33(36)22-41-44(35)38(46)27-11-13-29(40)14-12-27/h3-18,20-22,33,35H,19,23-24H2,1-2H3,(H,42,45). The predicted molar refractivity (Wildman–Crippen MR) is 192 cm³/mol. The van der Waals surface area contributed by atoms with Crippen LogP contribution >= 0.6 is 11.6 Å². The van der Waals surface area contributed by atoms with E-state index < -0.39 is 39.6 Å². The number of nitrogens with one attached hydrogen (secondary N) is 1. The SMILES string of the molecule is COc1ccc(CN(Cc2ccc(OC)cc2)S(=O)(=O)C2=CC(NC(=O)Cc3ccccc3Cl)=CC3C2C=NN3C(=O)c2ccc(F)cc2)cc1. The Labute approximate surface area is 300 Å². The first-order valence-corrected chi connectivity index (χ1v) is 17.7. The van der Waals surface area contributed by atoms with Crippen LogP contribution in [0, 0.1) is 11.7 Å². The summed E-state index contributed by atoms with van der Waals surface area (Å²) < 4.78 is 55.4. The molecule has 0 bridgehead atoms. The molecule has 51 heavy (non-hydrogen) atoms. The lowest BCUT2D eigenvalue weighted by Gasteiger charge is -2.32. The first-order valence-electron chi connectivity index (χ1n) is 15.9. The summed E-state index contributed by atoms with van der Waals surface area (Å²) in [6.45, 7) is 0.000722. The maximum absolute atomic E-state index is 14.9. The molecule has 13 heteroatoms. The molecule has 2 aliphatic rings. The zero-order valence-electron chi connectivity index (χ0n) is 27.7. The second kappa shape index (κ2) is 15.3. The number of hydrogen-bond acceptors (Lipinski definition) is 7. The minimum absolute atomic E-state index is 0.000361. The van der Waals surface area contributed by atoms with Gasteiger partial charge in [0.1, 0.15) is 17.3 Å². The number of sulfonamides is 1. The number of allylic oxidation sites excluding steroid dienone is 1. The van der Waals surface area contributed by atoms with Crippen LogP contribution in [-0.4, -0.2) is 56.0 Å². The molecule has 2 amide bonds. The van der Waals surface area contributed by atoms with Crippen molar-refractivity contribution >= 4 is 39.7 Å². The van der Waals surface area contributed by atoms with E-state index in [4.69, 9.17) is 21.1 Å². The van der Waals surface area contributed by atoms with E-state index in [0.29, 0.717) is 33.2 Å². The Balaban J connectivity index is 1.38. The highest BCUT2D eigenvalue weighted by molar-refractivity contribution is 7.93. The minimum Gasteiger partial charge on any atom is -0.497 e. The first-order chi connectivity index (χ1) is 24.5. The Bertz CT molecular complexity index is 2070. The van der Waals surface area contributed by atoms with Crippen molar-refractivity contribution in [1.82, 2.24) is 14.6 Å². The van der Waals surface area contributed by atoms with Crippen LogP contribution in [0.15, 0.2) is 125 Å². The molecule has 0 fully saturated rings. The lowest BCUT2D eigenvalue weighted by atomic mass is 9.94. The molecule has 0 radical (unpaired) electrons. The number of carbonyl (C=O) groups is 2. The summed E-state index contributed by atoms with van der Waals surface area (Å²) in [4.78, 5) is 26.9. The summed E-state index contributed by atoms with van der Waals surface area (Å²) >= 11 is 6.30. The van der Waals surface area contributed by atoms with Gasteiger partial charge >= 0.3 is 0 Å². The van der Waals surface area contributed by atoms with Gasteiger partial charge in [0.2, 0.25) is 15.9 Å². The highest BCUT2D eigenvalue weighted by atomic mass is 35.5. The van der Waals surface area contributed by atoms with Gasteiger partial charge in [-0.2, -0.15) is 9.41 Å². The van der Waals surface area contributed by atoms with E-state index in [9.17, 15) is 22.4 Å². The molecular weight excluding hydrogens is 695 g/mol. The van der Waals surface area contributed by atoms with Crippen molar-refractivity contribution in [3.05, 3.63) is 153 Å². The third-order valence-corrected chi connectivity index (χ3v) is 10.8. The number of nitrogens with zero attached hydrogens (tertiary/aromatic N) is 3. The van der Waals surface area contributed by atoms with Crippen molar-refractivity contribution in [3.63, 3.8) is 0 Å². The molecule has 0 aromatic heterocycles. The summed E-state index contributed by atoms with van der Waals surface area (Å²) in [5.74, 6) is -1.17. The Hall–Kier alpha value is -5.30. The summed E-state index contributed by atoms with van der Waals surface area (Å²) in [6.07, 6.45) is 4.35. The molecule has 262 valence electrons. The number of hydrazone groups is 1. The van der Waals surface area contributed by atoms with Crippen molar-refractivity contribution in [2.45, 2.75) is 25.6 Å². The Morgan fingerprint density at radius 2 is 1.47 bits per heavy atom. The Morgan fingerprint density at radius 3 is 2.04 bits per heavy atom. The fourth-order valence-electron chi connectivity index (χ4n) is 5.86. The maximum Gasteiger partial charge on any atom is 0.274 e. The van der Waals surface area contributed by atoms with Gasteiger partial charge < -0.3 is 14.8 Å². The number of hydrogen-bond donors (Lipinski definition) is 1. The molecule has 2 atom stereocenters. The number of methoxy groups -OCH3 is 2. The van der Waals surface area contributed by atoms with Crippen LogP contribution in [-0.2, 0) is 34.3 Å². The van der Waals surface area contributed by atoms with E-state index in [-0.39, 0.29) is 35.7 Å². The highest BCUT2D eigenvalue weighted by Crippen LogP contribution is 2.37. The number of fused-ring (bicyclic) bond motifs is 1. The molecule has 10 nitrogen and oxygen atoms in total. The van der Waals surface area contributed by atoms with E-state index in [1.165, 1.54) is 28.7 Å². The predicted octanol–water partition coefficient (Wildman–Crippen LogP) is 6.10. The van der Waals surface area contributed by atoms with Crippen molar-refractivity contribution in [2.75, 3.05) is 14.2 Å². The number of halogens is 2. The van der Waals surface area contributed by atoms with E-state index in [2.05, 4.69) is 10.4 Å². The molecule has 1 aliphatic carbocycles. The molecule has 4 aromatic carbocycles. The van der Waals surface area contributed by atoms with Crippen molar-refractivity contribution in [2.24, 2.45) is 11.0 Å². The second-order valence-electron chi connectivity index (χ2n) is 11.9. The lowest BCUT2D eigenvalue weighted by molar-refractivity contribution is -0.119. The normalized spacial score (nSPS) is 16.7. The van der Waals surface area contributed by atoms with Gasteiger partial charge in [-0.3, -0.25) is 9.59 Å². The third kappa shape index (κ3) is 8.04. The van der Waals surface area contributed by atoms with Crippen LogP contribution in [0.4, 0.5) is 4.39 Å². The quantitative estimate of drug-likeness (QED) is 0.189. The average molecular weight is 729 g/mol. The number of carbonyl (C=O) groups excluding carboxylic acids is 2. The van der Waals surface area contributed by atoms with Crippen molar-refractivity contribution in [1.29, 1.82) is 0 Å². The smallest absolute Gasteiger partial charge is 0.274 e. The summed E-state index contributed by atoms with van der Waals surface area (Å²) in [6, 6.07) is 25.1. The maximum atomic E-state index is 14.9. The number of rotatable bonds is 12. The molecule has 1 aliphatic heterocycles. The van der Waals surface area contributed by atoms with Crippen LogP contribution in [0.5, 0.6) is 11.5 Å². The van der Waals surface area contributed by atoms with Gasteiger partial charge in [0.25, 0.3) is 5.91 Å². The van der Waals surface area contributed by atoms with Crippen LogP contribution in [0.2, 0.25) is 5.02 Å². The van der Waals surface area contributed by atoms with E-state index in [0.717, 1.165) is 17.1 Å². The molecule has 1 heterocycles. The van der Waals surface area contributed by atoms with Crippen LogP contribution in [0.25, 0.3) is 0 Å². The molecule has 6 rings (SSSR count). The first kappa shape index (κ1) is 35.5. The number of ether oxygens (including phenoxy) is 2. The van der Waals surface area contributed by atoms with Crippen LogP contribution in [0.1, 0.15) is 27.0 Å². The van der Waals surface area contributed by atoms with Crippen molar-refractivity contribution < 1.29 is 31.9 Å².